The number of carbonyl (C=O) groups is 1. The van der Waals surface area contributed by atoms with E-state index in [2.05, 4.69) is 0 Å². The van der Waals surface area contributed by atoms with Crippen LogP contribution in [0.1, 0.15) is 19.4 Å². The highest BCUT2D eigenvalue weighted by molar-refractivity contribution is 5.95. The number of alkyl halides is 3. The van der Waals surface area contributed by atoms with Crippen LogP contribution in [0, 0.1) is 0 Å². The van der Waals surface area contributed by atoms with Gasteiger partial charge in [-0.05, 0) is 43.7 Å². The van der Waals surface area contributed by atoms with Crippen molar-refractivity contribution in [3.8, 4) is 16.9 Å². The summed E-state index contributed by atoms with van der Waals surface area (Å²) in [5, 5.41) is 12.5. The molecule has 28 heavy (non-hydrogen) atoms. The van der Waals surface area contributed by atoms with Gasteiger partial charge in [0.25, 0.3) is 0 Å². The van der Waals surface area contributed by atoms with Gasteiger partial charge in [-0.25, -0.2) is 0 Å². The summed E-state index contributed by atoms with van der Waals surface area (Å²) in [6.45, 7) is 3.78. The van der Waals surface area contributed by atoms with E-state index in [-0.39, 0.29) is 11.4 Å². The second kappa shape index (κ2) is 8.65. The first-order chi connectivity index (χ1) is 13.2. The number of aromatic hydroxyl groups is 1. The first kappa shape index (κ1) is 21.1. The van der Waals surface area contributed by atoms with Crippen molar-refractivity contribution >= 4 is 17.4 Å². The number of nitrogens with one attached hydrogen (secondary N) is 1. The Labute approximate surface area is 161 Å². The maximum absolute atomic E-state index is 12.3. The zero-order chi connectivity index (χ0) is 20.9. The van der Waals surface area contributed by atoms with Crippen molar-refractivity contribution in [2.45, 2.75) is 20.0 Å². The summed E-state index contributed by atoms with van der Waals surface area (Å²) in [4.78, 5) is 11.0. The van der Waals surface area contributed by atoms with Crippen LogP contribution < -0.4 is 5.32 Å². The molecule has 0 aromatic heterocycles. The van der Waals surface area contributed by atoms with Crippen LogP contribution in [-0.4, -0.2) is 24.3 Å². The molecule has 7 heteroatoms. The summed E-state index contributed by atoms with van der Waals surface area (Å²) < 4.78 is 42.4. The van der Waals surface area contributed by atoms with E-state index in [9.17, 15) is 23.1 Å². The zero-order valence-electron chi connectivity index (χ0n) is 15.6. The molecule has 148 valence electrons. The molecule has 2 rings (SSSR count). The minimum absolute atomic E-state index is 0.00269. The lowest BCUT2D eigenvalue weighted by molar-refractivity contribution is -0.167. The largest absolute Gasteiger partial charge is 0.507 e. The predicted molar refractivity (Wildman–Crippen MR) is 103 cm³/mol. The summed E-state index contributed by atoms with van der Waals surface area (Å²) in [5.41, 5.74) is 2.49. The molecule has 2 aromatic rings. The number of benzene rings is 2. The van der Waals surface area contributed by atoms with E-state index in [0.29, 0.717) is 22.4 Å². The molecule has 0 aliphatic carbocycles. The molecule has 0 spiro atoms. The van der Waals surface area contributed by atoms with Crippen molar-refractivity contribution in [1.29, 1.82) is 0 Å². The highest BCUT2D eigenvalue weighted by Gasteiger charge is 2.38. The fourth-order valence-electron chi connectivity index (χ4n) is 2.45. The Morgan fingerprint density at radius 2 is 1.79 bits per heavy atom. The Morgan fingerprint density at radius 1 is 1.14 bits per heavy atom. The van der Waals surface area contributed by atoms with Crippen molar-refractivity contribution in [2.24, 2.45) is 0 Å². The van der Waals surface area contributed by atoms with Crippen LogP contribution in [0.5, 0.6) is 5.75 Å². The fourth-order valence-corrected chi connectivity index (χ4v) is 2.45. The van der Waals surface area contributed by atoms with E-state index in [0.717, 1.165) is 5.57 Å². The number of ether oxygens (including phenoxy) is 1. The summed E-state index contributed by atoms with van der Waals surface area (Å²) in [6, 6.07) is 10.8. The number of amides is 1. The summed E-state index contributed by atoms with van der Waals surface area (Å²) in [6.07, 6.45) is -1.28. The van der Waals surface area contributed by atoms with Crippen LogP contribution in [0.15, 0.2) is 60.2 Å². The first-order valence-electron chi connectivity index (χ1n) is 8.37. The van der Waals surface area contributed by atoms with E-state index < -0.39 is 12.1 Å². The number of methoxy groups -OCH3 is 1. The molecule has 0 saturated heterocycles. The predicted octanol–water partition coefficient (Wildman–Crippen LogP) is 5.51. The smallest absolute Gasteiger partial charge is 0.471 e. The van der Waals surface area contributed by atoms with Crippen molar-refractivity contribution in [2.75, 3.05) is 12.4 Å². The zero-order valence-corrected chi connectivity index (χ0v) is 15.6. The third kappa shape index (κ3) is 4.94. The third-order valence-electron chi connectivity index (χ3n) is 4.05. The first-order valence-corrected chi connectivity index (χ1v) is 8.37. The second-order valence-electron chi connectivity index (χ2n) is 5.98. The van der Waals surface area contributed by atoms with Crippen molar-refractivity contribution < 1.29 is 27.8 Å². The quantitative estimate of drug-likeness (QED) is 0.522. The van der Waals surface area contributed by atoms with Gasteiger partial charge in [0.2, 0.25) is 0 Å². The average Bonchev–Trinajstić information content (AvgIpc) is 2.66. The van der Waals surface area contributed by atoms with Gasteiger partial charge in [0.15, 0.2) is 0 Å². The molecule has 0 aliphatic heterocycles. The van der Waals surface area contributed by atoms with Crippen LogP contribution in [-0.2, 0) is 9.53 Å². The Hall–Kier alpha value is -3.22. The van der Waals surface area contributed by atoms with Crippen LogP contribution in [0.3, 0.4) is 0 Å². The van der Waals surface area contributed by atoms with Gasteiger partial charge in [-0.1, -0.05) is 35.9 Å². The molecule has 1 amide bonds. The molecule has 2 N–H and O–H groups in total. The normalized spacial score (nSPS) is 12.6. The number of anilines is 1. The molecule has 0 bridgehead atoms. The lowest BCUT2D eigenvalue weighted by Crippen LogP contribution is -2.29. The molecule has 2 aromatic carbocycles. The number of halogens is 3. The van der Waals surface area contributed by atoms with Crippen molar-refractivity contribution in [1.82, 2.24) is 0 Å². The standard InChI is InChI=1S/C21H20F3NO3/c1-4-13(2)12-18(28-3)17-7-5-6-16(19(17)26)14-8-10-15(11-9-14)25-20(27)21(22,23)24/h4-12,26H,1-3H3,(H,25,27)/b13-4-,18-12-. The monoisotopic (exact) mass is 391 g/mol. The van der Waals surface area contributed by atoms with Crippen LogP contribution in [0.2, 0.25) is 0 Å². The summed E-state index contributed by atoms with van der Waals surface area (Å²) in [5.74, 6) is -1.59. The van der Waals surface area contributed by atoms with Crippen LogP contribution in [0.25, 0.3) is 16.9 Å². The van der Waals surface area contributed by atoms with E-state index in [1.54, 1.807) is 29.6 Å². The fraction of sp³-hybridized carbons (Fsp3) is 0.190. The Balaban J connectivity index is 2.37. The summed E-state index contributed by atoms with van der Waals surface area (Å²) in [7, 11) is 1.50. The molecule has 0 saturated carbocycles. The molecule has 0 atom stereocenters. The van der Waals surface area contributed by atoms with Gasteiger partial charge in [-0.2, -0.15) is 13.2 Å². The average molecular weight is 391 g/mol. The Kier molecular flexibility index (Phi) is 6.51. The van der Waals surface area contributed by atoms with Crippen LogP contribution >= 0.6 is 0 Å². The van der Waals surface area contributed by atoms with E-state index in [1.165, 1.54) is 31.4 Å². The number of hydrogen-bond acceptors (Lipinski definition) is 3. The van der Waals surface area contributed by atoms with Gasteiger partial charge in [-0.3, -0.25) is 4.79 Å². The maximum atomic E-state index is 12.3. The number of carbonyl (C=O) groups excluding carboxylic acids is 1. The molecule has 0 unspecified atom stereocenters. The minimum atomic E-state index is -4.96. The summed E-state index contributed by atoms with van der Waals surface area (Å²) >= 11 is 0. The van der Waals surface area contributed by atoms with Gasteiger partial charge in [0.1, 0.15) is 11.5 Å². The lowest BCUT2D eigenvalue weighted by atomic mass is 9.99. The van der Waals surface area contributed by atoms with Gasteiger partial charge in [-0.15, -0.1) is 0 Å². The molecule has 4 nitrogen and oxygen atoms in total. The lowest BCUT2D eigenvalue weighted by Gasteiger charge is -2.13. The Bertz CT molecular complexity index is 913. The van der Waals surface area contributed by atoms with E-state index in [1.807, 2.05) is 19.9 Å². The highest BCUT2D eigenvalue weighted by Crippen LogP contribution is 2.36. The molecular formula is C21H20F3NO3. The van der Waals surface area contributed by atoms with E-state index >= 15 is 0 Å². The topological polar surface area (TPSA) is 58.6 Å². The number of para-hydroxylation sites is 1. The third-order valence-corrected chi connectivity index (χ3v) is 4.05. The molecule has 0 aliphatic rings. The number of allylic oxidation sites excluding steroid dienone is 3. The molecule has 0 fully saturated rings. The van der Waals surface area contributed by atoms with Crippen molar-refractivity contribution in [3.05, 3.63) is 65.8 Å². The SMILES string of the molecule is C/C=C(C)\C=C(/OC)c1cccc(-c2ccc(NC(=O)C(F)(F)F)cc2)c1O. The highest BCUT2D eigenvalue weighted by atomic mass is 19.4. The van der Waals surface area contributed by atoms with Crippen molar-refractivity contribution in [3.63, 3.8) is 0 Å². The van der Waals surface area contributed by atoms with E-state index in [4.69, 9.17) is 4.74 Å². The number of hydrogen-bond donors (Lipinski definition) is 2. The van der Waals surface area contributed by atoms with Gasteiger partial charge in [0, 0.05) is 11.3 Å². The maximum Gasteiger partial charge on any atom is 0.471 e. The molecular weight excluding hydrogens is 371 g/mol. The second-order valence-corrected chi connectivity index (χ2v) is 5.98. The molecule has 0 heterocycles. The van der Waals surface area contributed by atoms with Crippen LogP contribution in [0.4, 0.5) is 18.9 Å². The van der Waals surface area contributed by atoms with Gasteiger partial charge in [0.05, 0.1) is 12.7 Å². The molecule has 0 radical (unpaired) electrons. The number of phenolic OH excluding ortho intramolecular Hbond substituents is 1. The number of rotatable bonds is 5. The minimum Gasteiger partial charge on any atom is -0.507 e. The number of phenols is 1. The van der Waals surface area contributed by atoms with Gasteiger partial charge >= 0.3 is 12.1 Å². The van der Waals surface area contributed by atoms with Gasteiger partial charge < -0.3 is 15.2 Å². The Morgan fingerprint density at radius 3 is 2.32 bits per heavy atom.